The lowest BCUT2D eigenvalue weighted by Crippen LogP contribution is -2.37. The molecule has 4 rings (SSSR count). The summed E-state index contributed by atoms with van der Waals surface area (Å²) in [5, 5.41) is 11.9. The van der Waals surface area contributed by atoms with Crippen molar-refractivity contribution in [3.05, 3.63) is 65.9 Å². The van der Waals surface area contributed by atoms with E-state index in [0.29, 0.717) is 34.6 Å². The third-order valence-corrected chi connectivity index (χ3v) is 4.93. The first-order valence-corrected chi connectivity index (χ1v) is 9.17. The van der Waals surface area contributed by atoms with E-state index in [1.165, 1.54) is 18.2 Å². The van der Waals surface area contributed by atoms with E-state index in [2.05, 4.69) is 16.1 Å². The molecule has 0 bridgehead atoms. The fraction of sp³-hybridized carbons (Fsp3) is 0.182. The maximum absolute atomic E-state index is 12.7. The molecule has 3 aromatic rings. The molecule has 0 spiro atoms. The molecule has 0 radical (unpaired) electrons. The minimum Gasteiger partial charge on any atom is -0.406 e. The lowest BCUT2D eigenvalue weighted by molar-refractivity contribution is -0.274. The van der Waals surface area contributed by atoms with Gasteiger partial charge in [0.2, 0.25) is 0 Å². The van der Waals surface area contributed by atoms with Gasteiger partial charge in [0, 0.05) is 18.2 Å². The summed E-state index contributed by atoms with van der Waals surface area (Å²) >= 11 is 0. The van der Waals surface area contributed by atoms with E-state index in [9.17, 15) is 18.0 Å². The van der Waals surface area contributed by atoms with Crippen molar-refractivity contribution in [2.24, 2.45) is 0 Å². The van der Waals surface area contributed by atoms with Crippen LogP contribution in [-0.2, 0) is 0 Å². The van der Waals surface area contributed by atoms with Crippen LogP contribution in [0.2, 0.25) is 0 Å². The fourth-order valence-corrected chi connectivity index (χ4v) is 3.66. The lowest BCUT2D eigenvalue weighted by Gasteiger charge is -2.26. The van der Waals surface area contributed by atoms with E-state index in [1.807, 2.05) is 11.5 Å². The molecular formula is C22H16F3N3O2. The predicted octanol–water partition coefficient (Wildman–Crippen LogP) is 4.90. The highest BCUT2D eigenvalue weighted by molar-refractivity contribution is 5.98. The van der Waals surface area contributed by atoms with Crippen LogP contribution in [0.4, 0.5) is 13.2 Å². The minimum atomic E-state index is -4.80. The summed E-state index contributed by atoms with van der Waals surface area (Å²) in [6.45, 7) is 2.38. The van der Waals surface area contributed by atoms with E-state index in [-0.39, 0.29) is 17.7 Å². The molecule has 1 atom stereocenters. The van der Waals surface area contributed by atoms with Gasteiger partial charge >= 0.3 is 6.36 Å². The van der Waals surface area contributed by atoms with Crippen molar-refractivity contribution < 1.29 is 22.7 Å². The highest BCUT2D eigenvalue weighted by Gasteiger charge is 2.32. The highest BCUT2D eigenvalue weighted by atomic mass is 19.4. The Hall–Kier alpha value is -3.73. The summed E-state index contributed by atoms with van der Waals surface area (Å²) < 4.78 is 44.0. The summed E-state index contributed by atoms with van der Waals surface area (Å²) in [6.07, 6.45) is -4.80. The molecule has 2 aromatic carbocycles. The number of amides is 1. The lowest BCUT2D eigenvalue weighted by atomic mass is 10.00. The average molecular weight is 411 g/mol. The van der Waals surface area contributed by atoms with Crippen LogP contribution < -0.4 is 10.1 Å². The van der Waals surface area contributed by atoms with Gasteiger partial charge < -0.3 is 14.6 Å². The van der Waals surface area contributed by atoms with Crippen molar-refractivity contribution in [1.29, 1.82) is 5.26 Å². The number of rotatable bonds is 3. The average Bonchev–Trinajstić information content (AvgIpc) is 3.12. The Labute approximate surface area is 170 Å². The SMILES string of the molecule is C[C@H]1CNC(=O)c2cc(-c3cccc(OC(F)(F)F)c3)c(-c3ccc(C#N)cc3)n21. The highest BCUT2D eigenvalue weighted by Crippen LogP contribution is 2.40. The van der Waals surface area contributed by atoms with Crippen LogP contribution in [0.25, 0.3) is 22.4 Å². The predicted molar refractivity (Wildman–Crippen MR) is 104 cm³/mol. The van der Waals surface area contributed by atoms with Gasteiger partial charge in [-0.05, 0) is 48.4 Å². The second kappa shape index (κ2) is 7.26. The Balaban J connectivity index is 1.92. The summed E-state index contributed by atoms with van der Waals surface area (Å²) in [5.41, 5.74) is 3.44. The smallest absolute Gasteiger partial charge is 0.406 e. The number of alkyl halides is 3. The van der Waals surface area contributed by atoms with E-state index in [0.717, 1.165) is 5.56 Å². The van der Waals surface area contributed by atoms with E-state index >= 15 is 0 Å². The summed E-state index contributed by atoms with van der Waals surface area (Å²) in [6, 6.07) is 16.2. The fourth-order valence-electron chi connectivity index (χ4n) is 3.66. The number of halogens is 3. The monoisotopic (exact) mass is 411 g/mol. The summed E-state index contributed by atoms with van der Waals surface area (Å²) in [5.74, 6) is -0.593. The van der Waals surface area contributed by atoms with Crippen molar-refractivity contribution in [2.45, 2.75) is 19.3 Å². The number of fused-ring (bicyclic) bond motifs is 1. The molecule has 0 saturated heterocycles. The number of ether oxygens (including phenoxy) is 1. The van der Waals surface area contributed by atoms with E-state index in [1.54, 1.807) is 36.4 Å². The molecule has 30 heavy (non-hydrogen) atoms. The van der Waals surface area contributed by atoms with Gasteiger partial charge in [0.1, 0.15) is 11.4 Å². The van der Waals surface area contributed by atoms with Crippen molar-refractivity contribution >= 4 is 5.91 Å². The van der Waals surface area contributed by atoms with Crippen LogP contribution in [0, 0.1) is 11.3 Å². The summed E-state index contributed by atoms with van der Waals surface area (Å²) in [7, 11) is 0. The van der Waals surface area contributed by atoms with Gasteiger partial charge in [0.15, 0.2) is 0 Å². The standard InChI is InChI=1S/C22H16F3N3O2/c1-13-12-27-21(29)19-10-18(16-3-2-4-17(9-16)30-22(23,24)25)20(28(13)19)15-7-5-14(11-26)6-8-15/h2-10,13H,12H2,1H3,(H,27,29)/t13-/m0/s1. The Kier molecular flexibility index (Phi) is 4.74. The van der Waals surface area contributed by atoms with Crippen molar-refractivity contribution in [1.82, 2.24) is 9.88 Å². The second-order valence-corrected chi connectivity index (χ2v) is 6.99. The Morgan fingerprint density at radius 3 is 2.53 bits per heavy atom. The first kappa shape index (κ1) is 19.6. The maximum atomic E-state index is 12.7. The van der Waals surface area contributed by atoms with Crippen LogP contribution in [0.3, 0.4) is 0 Å². The zero-order valence-corrected chi connectivity index (χ0v) is 15.8. The molecule has 8 heteroatoms. The maximum Gasteiger partial charge on any atom is 0.573 e. The van der Waals surface area contributed by atoms with Crippen LogP contribution in [0.15, 0.2) is 54.6 Å². The number of nitrogens with one attached hydrogen (secondary N) is 1. The van der Waals surface area contributed by atoms with Gasteiger partial charge in [0.05, 0.1) is 17.3 Å². The van der Waals surface area contributed by atoms with E-state index < -0.39 is 6.36 Å². The number of benzene rings is 2. The molecule has 152 valence electrons. The molecule has 0 aliphatic carbocycles. The van der Waals surface area contributed by atoms with Crippen molar-refractivity contribution in [3.63, 3.8) is 0 Å². The Morgan fingerprint density at radius 2 is 1.87 bits per heavy atom. The number of nitriles is 1. The summed E-state index contributed by atoms with van der Waals surface area (Å²) in [4.78, 5) is 12.5. The van der Waals surface area contributed by atoms with Crippen LogP contribution in [0.1, 0.15) is 29.0 Å². The minimum absolute atomic E-state index is 0.0632. The molecular weight excluding hydrogens is 395 g/mol. The molecule has 1 aliphatic heterocycles. The number of carbonyl (C=O) groups is 1. The van der Waals surface area contributed by atoms with Gasteiger partial charge in [-0.2, -0.15) is 5.26 Å². The number of hydrogen-bond acceptors (Lipinski definition) is 3. The van der Waals surface area contributed by atoms with Crippen molar-refractivity contribution in [2.75, 3.05) is 6.54 Å². The molecule has 2 heterocycles. The Morgan fingerprint density at radius 1 is 1.13 bits per heavy atom. The van der Waals surface area contributed by atoms with Gasteiger partial charge in [-0.15, -0.1) is 13.2 Å². The third-order valence-electron chi connectivity index (χ3n) is 4.93. The van der Waals surface area contributed by atoms with Gasteiger partial charge in [-0.1, -0.05) is 24.3 Å². The molecule has 1 N–H and O–H groups in total. The normalized spacial score (nSPS) is 15.8. The molecule has 0 unspecified atom stereocenters. The number of hydrogen-bond donors (Lipinski definition) is 1. The zero-order valence-electron chi connectivity index (χ0n) is 15.8. The van der Waals surface area contributed by atoms with Gasteiger partial charge in [-0.3, -0.25) is 4.79 Å². The van der Waals surface area contributed by atoms with Gasteiger partial charge in [-0.25, -0.2) is 0 Å². The molecule has 1 aromatic heterocycles. The Bertz CT molecular complexity index is 1160. The molecule has 0 saturated carbocycles. The first-order valence-electron chi connectivity index (χ1n) is 9.17. The number of nitrogens with zero attached hydrogens (tertiary/aromatic N) is 2. The van der Waals surface area contributed by atoms with Crippen LogP contribution in [-0.4, -0.2) is 23.4 Å². The third kappa shape index (κ3) is 3.62. The largest absolute Gasteiger partial charge is 0.573 e. The van der Waals surface area contributed by atoms with Crippen molar-refractivity contribution in [3.8, 4) is 34.2 Å². The van der Waals surface area contributed by atoms with Crippen LogP contribution in [0.5, 0.6) is 5.75 Å². The quantitative estimate of drug-likeness (QED) is 0.667. The molecule has 5 nitrogen and oxygen atoms in total. The first-order chi connectivity index (χ1) is 14.3. The molecule has 0 fully saturated rings. The van der Waals surface area contributed by atoms with Gasteiger partial charge in [0.25, 0.3) is 5.91 Å². The second-order valence-electron chi connectivity index (χ2n) is 6.99. The van der Waals surface area contributed by atoms with Crippen LogP contribution >= 0.6 is 0 Å². The number of aromatic nitrogens is 1. The van der Waals surface area contributed by atoms with E-state index in [4.69, 9.17) is 5.26 Å². The zero-order chi connectivity index (χ0) is 21.5. The molecule has 1 amide bonds. The number of carbonyl (C=O) groups excluding carboxylic acids is 1. The topological polar surface area (TPSA) is 67.0 Å². The molecule has 1 aliphatic rings.